The van der Waals surface area contributed by atoms with Crippen LogP contribution in [0, 0.1) is 0 Å². The van der Waals surface area contributed by atoms with Gasteiger partial charge in [-0.1, -0.05) is 12.1 Å². The largest absolute Gasteiger partial charge is 0.417 e. The summed E-state index contributed by atoms with van der Waals surface area (Å²) < 4.78 is 39.5. The van der Waals surface area contributed by atoms with E-state index < -0.39 is 11.7 Å². The average Bonchev–Trinajstić information content (AvgIpc) is 2.88. The maximum atomic E-state index is 12.5. The number of aryl methyl sites for hydroxylation is 2. The van der Waals surface area contributed by atoms with Gasteiger partial charge in [-0.2, -0.15) is 13.2 Å². The molecule has 1 N–H and O–H groups in total. The molecule has 4 nitrogen and oxygen atoms in total. The van der Waals surface area contributed by atoms with Gasteiger partial charge < -0.3 is 9.88 Å². The topological polar surface area (TPSA) is 42.7 Å². The van der Waals surface area contributed by atoms with Crippen LogP contribution in [0.2, 0.25) is 0 Å². The molecule has 0 aliphatic heterocycles. The van der Waals surface area contributed by atoms with Crippen molar-refractivity contribution in [2.45, 2.75) is 19.0 Å². The number of nitrogens with zero attached hydrogens (tertiary/aromatic N) is 3. The lowest BCUT2D eigenvalue weighted by Gasteiger charge is -2.08. The van der Waals surface area contributed by atoms with Crippen LogP contribution in [0.1, 0.15) is 17.8 Å². The molecule has 0 saturated carbocycles. The highest BCUT2D eigenvalue weighted by Crippen LogP contribution is 2.28. The molecular formula is C17H17F3N4. The zero-order chi connectivity index (χ0) is 17.2. The highest BCUT2D eigenvalue weighted by Gasteiger charge is 2.30. The third kappa shape index (κ3) is 3.50. The number of hydrogen-bond acceptors (Lipinski definition) is 3. The summed E-state index contributed by atoms with van der Waals surface area (Å²) in [6, 6.07) is 10.3. The summed E-state index contributed by atoms with van der Waals surface area (Å²) in [5, 5.41) is 3.03. The first-order valence-corrected chi connectivity index (χ1v) is 7.62. The Balaban J connectivity index is 1.54. The van der Waals surface area contributed by atoms with Crippen molar-refractivity contribution in [3.8, 4) is 0 Å². The Morgan fingerprint density at radius 2 is 1.92 bits per heavy atom. The van der Waals surface area contributed by atoms with Crippen LogP contribution in [0.3, 0.4) is 0 Å². The van der Waals surface area contributed by atoms with E-state index in [2.05, 4.69) is 19.9 Å². The molecule has 0 bridgehead atoms. The fraction of sp³-hybridized carbons (Fsp3) is 0.294. The molecule has 0 spiro atoms. The van der Waals surface area contributed by atoms with Crippen LogP contribution >= 0.6 is 0 Å². The van der Waals surface area contributed by atoms with E-state index in [4.69, 9.17) is 0 Å². The predicted molar refractivity (Wildman–Crippen MR) is 86.8 cm³/mol. The van der Waals surface area contributed by atoms with Crippen LogP contribution in [-0.4, -0.2) is 21.1 Å². The minimum Gasteiger partial charge on any atom is -0.370 e. The summed E-state index contributed by atoms with van der Waals surface area (Å²) in [7, 11) is 1.98. The monoisotopic (exact) mass is 334 g/mol. The molecule has 126 valence electrons. The molecule has 0 aliphatic rings. The molecule has 3 aromatic rings. The normalized spacial score (nSPS) is 11.8. The van der Waals surface area contributed by atoms with Crippen LogP contribution in [0.5, 0.6) is 0 Å². The number of benzene rings is 1. The molecule has 0 fully saturated rings. The third-order valence-corrected chi connectivity index (χ3v) is 3.85. The molecule has 0 radical (unpaired) electrons. The molecule has 0 atom stereocenters. The summed E-state index contributed by atoms with van der Waals surface area (Å²) >= 11 is 0. The van der Waals surface area contributed by atoms with Gasteiger partial charge in [0.15, 0.2) is 0 Å². The maximum Gasteiger partial charge on any atom is 0.417 e. The summed E-state index contributed by atoms with van der Waals surface area (Å²) in [4.78, 5) is 8.38. The lowest BCUT2D eigenvalue weighted by Crippen LogP contribution is -2.09. The Labute approximate surface area is 137 Å². The Morgan fingerprint density at radius 3 is 2.58 bits per heavy atom. The number of rotatable bonds is 5. The number of fused-ring (bicyclic) bond motifs is 1. The molecule has 1 aromatic carbocycles. The summed E-state index contributed by atoms with van der Waals surface area (Å²) in [6.45, 7) is 0.613. The Kier molecular flexibility index (Phi) is 4.42. The van der Waals surface area contributed by atoms with Gasteiger partial charge in [0.25, 0.3) is 0 Å². The molecule has 0 aliphatic carbocycles. The number of halogens is 3. The van der Waals surface area contributed by atoms with Gasteiger partial charge in [-0.25, -0.2) is 9.97 Å². The highest BCUT2D eigenvalue weighted by molar-refractivity contribution is 5.75. The number of imidazole rings is 1. The second-order valence-corrected chi connectivity index (χ2v) is 5.54. The van der Waals surface area contributed by atoms with Gasteiger partial charge in [-0.3, -0.25) is 0 Å². The van der Waals surface area contributed by atoms with Gasteiger partial charge in [0.1, 0.15) is 11.6 Å². The molecule has 3 rings (SSSR count). The molecule has 7 heteroatoms. The average molecular weight is 334 g/mol. The Hall–Kier alpha value is -2.57. The molecule has 0 amide bonds. The van der Waals surface area contributed by atoms with Crippen molar-refractivity contribution >= 4 is 16.9 Å². The van der Waals surface area contributed by atoms with Gasteiger partial charge in [-0.05, 0) is 30.7 Å². The summed E-state index contributed by atoms with van der Waals surface area (Å²) in [6.07, 6.45) is -1.93. The number of alkyl halides is 3. The number of anilines is 1. The van der Waals surface area contributed by atoms with E-state index >= 15 is 0 Å². The second-order valence-electron chi connectivity index (χ2n) is 5.54. The van der Waals surface area contributed by atoms with Gasteiger partial charge in [0.05, 0.1) is 16.6 Å². The lowest BCUT2D eigenvalue weighted by atomic mass is 10.2. The van der Waals surface area contributed by atoms with E-state index in [9.17, 15) is 13.2 Å². The number of pyridine rings is 1. The fourth-order valence-corrected chi connectivity index (χ4v) is 2.55. The SMILES string of the molecule is Cn1c(CCCNc2ccc(C(F)(F)F)cn2)nc2ccccc21. The van der Waals surface area contributed by atoms with E-state index in [0.29, 0.717) is 12.4 Å². The number of nitrogens with one attached hydrogen (secondary N) is 1. The van der Waals surface area contributed by atoms with Crippen LogP contribution < -0.4 is 5.32 Å². The third-order valence-electron chi connectivity index (χ3n) is 3.85. The summed E-state index contributed by atoms with van der Waals surface area (Å²) in [5.74, 6) is 1.42. The van der Waals surface area contributed by atoms with Crippen LogP contribution in [0.15, 0.2) is 42.6 Å². The van der Waals surface area contributed by atoms with Crippen LogP contribution in [0.25, 0.3) is 11.0 Å². The van der Waals surface area contributed by atoms with E-state index in [-0.39, 0.29) is 0 Å². The first-order valence-electron chi connectivity index (χ1n) is 7.62. The number of hydrogen-bond donors (Lipinski definition) is 1. The zero-order valence-corrected chi connectivity index (χ0v) is 13.1. The second kappa shape index (κ2) is 6.51. The van der Waals surface area contributed by atoms with Crippen LogP contribution in [-0.2, 0) is 19.6 Å². The van der Waals surface area contributed by atoms with E-state index in [0.717, 1.165) is 42.0 Å². The minimum atomic E-state index is -4.36. The lowest BCUT2D eigenvalue weighted by molar-refractivity contribution is -0.137. The predicted octanol–water partition coefficient (Wildman–Crippen LogP) is 4.03. The van der Waals surface area contributed by atoms with Crippen molar-refractivity contribution < 1.29 is 13.2 Å². The van der Waals surface area contributed by atoms with Gasteiger partial charge >= 0.3 is 6.18 Å². The van der Waals surface area contributed by atoms with E-state index in [1.807, 2.05) is 31.3 Å². The van der Waals surface area contributed by atoms with Crippen molar-refractivity contribution in [1.82, 2.24) is 14.5 Å². The standard InChI is InChI=1S/C17H17F3N4/c1-24-14-6-3-2-5-13(14)23-16(24)7-4-10-21-15-9-8-12(11-22-15)17(18,19)20/h2-3,5-6,8-9,11H,4,7,10H2,1H3,(H,21,22). The molecular weight excluding hydrogens is 317 g/mol. The van der Waals surface area contributed by atoms with Gasteiger partial charge in [0.2, 0.25) is 0 Å². The summed E-state index contributed by atoms with van der Waals surface area (Å²) in [5.41, 5.74) is 1.31. The Bertz CT molecular complexity index is 822. The van der Waals surface area contributed by atoms with E-state index in [1.165, 1.54) is 6.07 Å². The maximum absolute atomic E-state index is 12.5. The molecule has 2 heterocycles. The quantitative estimate of drug-likeness (QED) is 0.716. The molecule has 0 saturated heterocycles. The first-order chi connectivity index (χ1) is 11.4. The first kappa shape index (κ1) is 16.3. The fourth-order valence-electron chi connectivity index (χ4n) is 2.55. The van der Waals surface area contributed by atoms with Crippen molar-refractivity contribution in [3.63, 3.8) is 0 Å². The van der Waals surface area contributed by atoms with Crippen molar-refractivity contribution in [1.29, 1.82) is 0 Å². The Morgan fingerprint density at radius 1 is 1.12 bits per heavy atom. The van der Waals surface area contributed by atoms with Gasteiger partial charge in [-0.15, -0.1) is 0 Å². The van der Waals surface area contributed by atoms with Crippen molar-refractivity contribution in [3.05, 3.63) is 54.0 Å². The van der Waals surface area contributed by atoms with E-state index in [1.54, 1.807) is 0 Å². The molecule has 24 heavy (non-hydrogen) atoms. The zero-order valence-electron chi connectivity index (χ0n) is 13.1. The minimum absolute atomic E-state index is 0.438. The molecule has 0 unspecified atom stereocenters. The number of para-hydroxylation sites is 2. The van der Waals surface area contributed by atoms with Crippen molar-refractivity contribution in [2.24, 2.45) is 7.05 Å². The number of aromatic nitrogens is 3. The molecule has 2 aromatic heterocycles. The van der Waals surface area contributed by atoms with Crippen LogP contribution in [0.4, 0.5) is 19.0 Å². The highest BCUT2D eigenvalue weighted by atomic mass is 19.4. The smallest absolute Gasteiger partial charge is 0.370 e. The van der Waals surface area contributed by atoms with Gasteiger partial charge in [0, 0.05) is 26.2 Å². The van der Waals surface area contributed by atoms with Crippen molar-refractivity contribution in [2.75, 3.05) is 11.9 Å².